The topological polar surface area (TPSA) is 154 Å². The molecule has 196 valence electrons. The van der Waals surface area contributed by atoms with Gasteiger partial charge in [0.1, 0.15) is 33.8 Å². The lowest BCUT2D eigenvalue weighted by atomic mass is 10.0. The molecule has 0 saturated carbocycles. The molecule has 4 aromatic rings. The lowest BCUT2D eigenvalue weighted by Crippen LogP contribution is -2.44. The number of methoxy groups -OCH3 is 2. The second kappa shape index (κ2) is 9.82. The highest BCUT2D eigenvalue weighted by Gasteiger charge is 2.43. The number of nitrogens with zero attached hydrogens (tertiary/aromatic N) is 5. The summed E-state index contributed by atoms with van der Waals surface area (Å²) in [4.78, 5) is 8.23. The van der Waals surface area contributed by atoms with Crippen LogP contribution in [0.25, 0.3) is 17.3 Å². The van der Waals surface area contributed by atoms with Gasteiger partial charge in [-0.1, -0.05) is 6.07 Å². The molecular formula is C24H28N6O6S. The number of hydrogen-bond acceptors (Lipinski definition) is 10. The molecule has 0 radical (unpaired) electrons. The number of ether oxygens (including phenoxy) is 2. The zero-order chi connectivity index (χ0) is 27.0. The van der Waals surface area contributed by atoms with Gasteiger partial charge >= 0.3 is 0 Å². The summed E-state index contributed by atoms with van der Waals surface area (Å²) in [5.41, 5.74) is -0.804. The average Bonchev–Trinajstić information content (AvgIpc) is 3.48. The molecule has 1 unspecified atom stereocenters. The molecule has 0 saturated heterocycles. The van der Waals surface area contributed by atoms with E-state index in [1.54, 1.807) is 44.2 Å². The molecule has 2 atom stereocenters. The molecular weight excluding hydrogens is 500 g/mol. The number of furan rings is 1. The lowest BCUT2D eigenvalue weighted by molar-refractivity contribution is 0.0471. The maximum Gasteiger partial charge on any atom is 0.243 e. The second-order valence-corrected chi connectivity index (χ2v) is 10.6. The molecule has 0 aliphatic heterocycles. The predicted molar refractivity (Wildman–Crippen MR) is 135 cm³/mol. The lowest BCUT2D eigenvalue weighted by Gasteiger charge is -2.28. The van der Waals surface area contributed by atoms with Gasteiger partial charge in [-0.05, 0) is 57.5 Å². The monoisotopic (exact) mass is 528 g/mol. The highest BCUT2D eigenvalue weighted by molar-refractivity contribution is 7.93. The molecule has 13 heteroatoms. The van der Waals surface area contributed by atoms with E-state index in [0.29, 0.717) is 28.7 Å². The SMILES string of the molecule is COc1cccc(OC)c1-n1c(NS(=O)(=O)[C@@H](C)C(C)(O)c2ncc(C)cn2)nnc1-c1ccc(C)o1. The maximum atomic E-state index is 13.5. The van der Waals surface area contributed by atoms with Crippen LogP contribution in [-0.2, 0) is 15.6 Å². The van der Waals surface area contributed by atoms with Crippen molar-refractivity contribution >= 4 is 16.0 Å². The Bertz CT molecular complexity index is 1490. The van der Waals surface area contributed by atoms with Crippen LogP contribution in [0.5, 0.6) is 11.5 Å². The third-order valence-electron chi connectivity index (χ3n) is 5.97. The summed E-state index contributed by atoms with van der Waals surface area (Å²) in [6, 6.07) is 8.55. The Hall–Kier alpha value is -3.97. The summed E-state index contributed by atoms with van der Waals surface area (Å²) in [5, 5.41) is 18.1. The van der Waals surface area contributed by atoms with Gasteiger partial charge in [0.25, 0.3) is 0 Å². The van der Waals surface area contributed by atoms with E-state index >= 15 is 0 Å². The van der Waals surface area contributed by atoms with Crippen molar-refractivity contribution in [3.63, 3.8) is 0 Å². The minimum atomic E-state index is -4.28. The molecule has 1 aromatic carbocycles. The van der Waals surface area contributed by atoms with E-state index in [0.717, 1.165) is 5.56 Å². The molecule has 3 heterocycles. The molecule has 0 bridgehead atoms. The van der Waals surface area contributed by atoms with Crippen LogP contribution in [0.1, 0.15) is 31.0 Å². The Morgan fingerprint density at radius 1 is 1.05 bits per heavy atom. The molecule has 37 heavy (non-hydrogen) atoms. The van der Waals surface area contributed by atoms with Gasteiger partial charge in [-0.3, -0.25) is 9.29 Å². The van der Waals surface area contributed by atoms with Gasteiger partial charge < -0.3 is 19.0 Å². The van der Waals surface area contributed by atoms with Crippen LogP contribution < -0.4 is 14.2 Å². The van der Waals surface area contributed by atoms with Crippen LogP contribution in [0.3, 0.4) is 0 Å². The number of aryl methyl sites for hydroxylation is 2. The van der Waals surface area contributed by atoms with Crippen LogP contribution >= 0.6 is 0 Å². The van der Waals surface area contributed by atoms with Crippen molar-refractivity contribution in [1.82, 2.24) is 24.7 Å². The molecule has 0 spiro atoms. The summed E-state index contributed by atoms with van der Waals surface area (Å²) in [6.45, 7) is 6.25. The van der Waals surface area contributed by atoms with Crippen LogP contribution in [0.4, 0.5) is 5.95 Å². The summed E-state index contributed by atoms with van der Waals surface area (Å²) < 4.78 is 47.8. The minimum Gasteiger partial charge on any atom is -0.494 e. The quantitative estimate of drug-likeness (QED) is 0.331. The molecule has 12 nitrogen and oxygen atoms in total. The van der Waals surface area contributed by atoms with Crippen molar-refractivity contribution < 1.29 is 27.4 Å². The van der Waals surface area contributed by atoms with Crippen LogP contribution in [0.15, 0.2) is 47.1 Å². The number of benzene rings is 1. The van der Waals surface area contributed by atoms with E-state index in [1.165, 1.54) is 45.0 Å². The fourth-order valence-electron chi connectivity index (χ4n) is 3.68. The van der Waals surface area contributed by atoms with E-state index in [9.17, 15) is 13.5 Å². The molecule has 3 aromatic heterocycles. The first-order valence-electron chi connectivity index (χ1n) is 11.3. The molecule has 0 fully saturated rings. The van der Waals surface area contributed by atoms with E-state index in [1.807, 2.05) is 0 Å². The molecule has 2 N–H and O–H groups in total. The molecule has 0 aliphatic rings. The third-order valence-corrected chi connectivity index (χ3v) is 7.83. The van der Waals surface area contributed by atoms with E-state index in [-0.39, 0.29) is 17.6 Å². The molecule has 4 rings (SSSR count). The maximum absolute atomic E-state index is 13.5. The summed E-state index contributed by atoms with van der Waals surface area (Å²) in [6.07, 6.45) is 3.01. The van der Waals surface area contributed by atoms with Crippen molar-refractivity contribution in [2.24, 2.45) is 0 Å². The smallest absolute Gasteiger partial charge is 0.243 e. The summed E-state index contributed by atoms with van der Waals surface area (Å²) >= 11 is 0. The van der Waals surface area contributed by atoms with Crippen molar-refractivity contribution in [3.8, 4) is 28.8 Å². The third kappa shape index (κ3) is 4.87. The highest BCUT2D eigenvalue weighted by atomic mass is 32.2. The predicted octanol–water partition coefficient (Wildman–Crippen LogP) is 2.99. The Balaban J connectivity index is 1.84. The number of rotatable bonds is 9. The van der Waals surface area contributed by atoms with Gasteiger partial charge in [-0.15, -0.1) is 10.2 Å². The number of aliphatic hydroxyl groups is 1. The first-order valence-corrected chi connectivity index (χ1v) is 12.8. The first-order chi connectivity index (χ1) is 17.5. The molecule has 0 amide bonds. The van der Waals surface area contributed by atoms with Crippen molar-refractivity contribution in [3.05, 3.63) is 59.9 Å². The Kier molecular flexibility index (Phi) is 6.93. The number of hydrogen-bond donors (Lipinski definition) is 2. The van der Waals surface area contributed by atoms with E-state index < -0.39 is 20.9 Å². The van der Waals surface area contributed by atoms with Crippen molar-refractivity contribution in [1.29, 1.82) is 0 Å². The number of para-hydroxylation sites is 1. The number of anilines is 1. The standard InChI is InChI=1S/C24H28N6O6S/c1-14-12-25-22(26-13-14)24(4,31)16(3)37(32,33)29-23-28-27-21(19-11-10-15(2)36-19)30(23)20-17(34-5)8-7-9-18(20)35-6/h7-13,16,31H,1-6H3,(H,28,29)/t16-,24?/m0/s1. The van der Waals surface area contributed by atoms with E-state index in [2.05, 4.69) is 24.9 Å². The summed E-state index contributed by atoms with van der Waals surface area (Å²) in [7, 11) is -1.33. The fraction of sp³-hybridized carbons (Fsp3) is 0.333. The number of sulfonamides is 1. The van der Waals surface area contributed by atoms with E-state index in [4.69, 9.17) is 13.9 Å². The normalized spacial score (nSPS) is 14.1. The van der Waals surface area contributed by atoms with Crippen molar-refractivity contribution in [2.45, 2.75) is 38.5 Å². The van der Waals surface area contributed by atoms with Crippen LogP contribution in [-0.4, -0.2) is 57.7 Å². The van der Waals surface area contributed by atoms with Crippen LogP contribution in [0.2, 0.25) is 0 Å². The van der Waals surface area contributed by atoms with Gasteiger partial charge in [0.05, 0.1) is 14.2 Å². The highest BCUT2D eigenvalue weighted by Crippen LogP contribution is 2.38. The van der Waals surface area contributed by atoms with Gasteiger partial charge in [-0.25, -0.2) is 18.4 Å². The zero-order valence-corrected chi connectivity index (χ0v) is 22.1. The van der Waals surface area contributed by atoms with Gasteiger partial charge in [0, 0.05) is 12.4 Å². The average molecular weight is 529 g/mol. The summed E-state index contributed by atoms with van der Waals surface area (Å²) in [5.74, 6) is 1.72. The Morgan fingerprint density at radius 3 is 2.22 bits per heavy atom. The Morgan fingerprint density at radius 2 is 1.68 bits per heavy atom. The molecule has 0 aliphatic carbocycles. The van der Waals surface area contributed by atoms with Crippen molar-refractivity contribution in [2.75, 3.05) is 18.9 Å². The first kappa shape index (κ1) is 26.1. The van der Waals surface area contributed by atoms with Gasteiger partial charge in [0.2, 0.25) is 21.8 Å². The Labute approximate surface area is 214 Å². The van der Waals surface area contributed by atoms with Crippen LogP contribution in [0, 0.1) is 13.8 Å². The van der Waals surface area contributed by atoms with Gasteiger partial charge in [0.15, 0.2) is 11.6 Å². The largest absolute Gasteiger partial charge is 0.494 e. The number of aromatic nitrogens is 5. The number of nitrogens with one attached hydrogen (secondary N) is 1. The van der Waals surface area contributed by atoms with Gasteiger partial charge in [-0.2, -0.15) is 0 Å². The fourth-order valence-corrected chi connectivity index (χ4v) is 4.96. The zero-order valence-electron chi connectivity index (χ0n) is 21.3. The second-order valence-electron chi connectivity index (χ2n) is 8.62. The minimum absolute atomic E-state index is 0.0319.